The van der Waals surface area contributed by atoms with E-state index in [4.69, 9.17) is 4.74 Å². The molecule has 126 valence electrons. The number of thioether (sulfide) groups is 1. The van der Waals surface area contributed by atoms with Gasteiger partial charge in [-0.1, -0.05) is 30.8 Å². The van der Waals surface area contributed by atoms with E-state index in [1.807, 2.05) is 13.2 Å². The highest BCUT2D eigenvalue weighted by molar-refractivity contribution is 7.98. The summed E-state index contributed by atoms with van der Waals surface area (Å²) in [5, 5.41) is 8.20. The van der Waals surface area contributed by atoms with Gasteiger partial charge in [-0.25, -0.2) is 13.9 Å². The number of carbonyl (C=O) groups excluding carboxylic acids is 1. The molecule has 0 bridgehead atoms. The van der Waals surface area contributed by atoms with Crippen LogP contribution in [0.1, 0.15) is 24.9 Å². The van der Waals surface area contributed by atoms with Crippen molar-refractivity contribution in [2.24, 2.45) is 0 Å². The molecule has 0 spiro atoms. The predicted octanol–water partition coefficient (Wildman–Crippen LogP) is 2.99. The first-order valence-corrected chi connectivity index (χ1v) is 8.65. The lowest BCUT2D eigenvalue weighted by Crippen LogP contribution is -2.30. The molecule has 3 rings (SSSR count). The van der Waals surface area contributed by atoms with Crippen molar-refractivity contribution in [3.05, 3.63) is 46.9 Å². The van der Waals surface area contributed by atoms with Gasteiger partial charge in [0.15, 0.2) is 0 Å². The highest BCUT2D eigenvalue weighted by Gasteiger charge is 2.35. The number of esters is 1. The Kier molecular flexibility index (Phi) is 4.57. The maximum Gasteiger partial charge on any atom is 0.338 e. The molecule has 2 heterocycles. The van der Waals surface area contributed by atoms with Crippen LogP contribution in [-0.2, 0) is 9.53 Å². The minimum absolute atomic E-state index is 0.337. The van der Waals surface area contributed by atoms with Crippen LogP contribution in [0.3, 0.4) is 0 Å². The van der Waals surface area contributed by atoms with Crippen LogP contribution in [0.2, 0.25) is 0 Å². The SMILES string of the molecule is CCC1=C(C(=O)OC)C(c2ccc(F)cc2)n2nc(SC)nc2N1. The Morgan fingerprint density at radius 2 is 2.12 bits per heavy atom. The third-order valence-electron chi connectivity index (χ3n) is 3.84. The zero-order valence-corrected chi connectivity index (χ0v) is 14.4. The van der Waals surface area contributed by atoms with Crippen molar-refractivity contribution in [3.63, 3.8) is 0 Å². The van der Waals surface area contributed by atoms with Crippen molar-refractivity contribution in [1.29, 1.82) is 0 Å². The molecule has 1 atom stereocenters. The zero-order valence-electron chi connectivity index (χ0n) is 13.5. The lowest BCUT2D eigenvalue weighted by atomic mass is 9.94. The number of nitrogens with one attached hydrogen (secondary N) is 1. The van der Waals surface area contributed by atoms with E-state index in [0.717, 1.165) is 11.3 Å². The van der Waals surface area contributed by atoms with Gasteiger partial charge < -0.3 is 10.1 Å². The van der Waals surface area contributed by atoms with Crippen LogP contribution in [0.25, 0.3) is 0 Å². The maximum atomic E-state index is 13.3. The fourth-order valence-corrected chi connectivity index (χ4v) is 3.07. The van der Waals surface area contributed by atoms with Crippen LogP contribution in [0, 0.1) is 5.82 Å². The lowest BCUT2D eigenvalue weighted by molar-refractivity contribution is -0.136. The molecule has 0 saturated carbocycles. The number of ether oxygens (including phenoxy) is 1. The molecule has 0 radical (unpaired) electrons. The molecule has 24 heavy (non-hydrogen) atoms. The molecule has 1 unspecified atom stereocenters. The highest BCUT2D eigenvalue weighted by Crippen LogP contribution is 2.37. The zero-order chi connectivity index (χ0) is 17.3. The number of allylic oxidation sites excluding steroid dienone is 1. The molecule has 1 aliphatic rings. The number of carbonyl (C=O) groups is 1. The normalized spacial score (nSPS) is 16.6. The second-order valence-electron chi connectivity index (χ2n) is 5.18. The maximum absolute atomic E-state index is 13.3. The van der Waals surface area contributed by atoms with Gasteiger partial charge in [0.05, 0.1) is 12.7 Å². The van der Waals surface area contributed by atoms with Crippen LogP contribution in [0.4, 0.5) is 10.3 Å². The molecule has 0 amide bonds. The molecule has 0 fully saturated rings. The van der Waals surface area contributed by atoms with Crippen molar-refractivity contribution < 1.29 is 13.9 Å². The molecule has 1 aromatic carbocycles. The first kappa shape index (κ1) is 16.5. The summed E-state index contributed by atoms with van der Waals surface area (Å²) in [5.41, 5.74) is 1.92. The van der Waals surface area contributed by atoms with Gasteiger partial charge in [0.2, 0.25) is 11.1 Å². The molecule has 1 aromatic heterocycles. The number of aromatic nitrogens is 3. The number of hydrogen-bond donors (Lipinski definition) is 1. The standard InChI is InChI=1S/C16H17FN4O2S/c1-4-11-12(14(22)23-2)13(9-5-7-10(17)8-6-9)21-15(18-11)19-16(20-21)24-3/h5-8,13H,4H2,1-3H3,(H,18,19,20). The molecule has 0 saturated heterocycles. The van der Waals surface area contributed by atoms with Gasteiger partial charge in [-0.3, -0.25) is 0 Å². The third-order valence-corrected chi connectivity index (χ3v) is 4.38. The van der Waals surface area contributed by atoms with Crippen molar-refractivity contribution in [1.82, 2.24) is 14.8 Å². The summed E-state index contributed by atoms with van der Waals surface area (Å²) in [6.45, 7) is 1.94. The van der Waals surface area contributed by atoms with E-state index in [9.17, 15) is 9.18 Å². The number of fused-ring (bicyclic) bond motifs is 1. The van der Waals surface area contributed by atoms with E-state index in [1.54, 1.807) is 16.8 Å². The second kappa shape index (κ2) is 6.64. The Bertz CT molecular complexity index is 801. The Morgan fingerprint density at radius 3 is 2.71 bits per heavy atom. The third kappa shape index (κ3) is 2.77. The minimum atomic E-state index is -0.516. The van der Waals surface area contributed by atoms with Crippen molar-refractivity contribution in [2.45, 2.75) is 24.5 Å². The van der Waals surface area contributed by atoms with Gasteiger partial charge >= 0.3 is 5.97 Å². The fraction of sp³-hybridized carbons (Fsp3) is 0.312. The largest absolute Gasteiger partial charge is 0.466 e. The number of nitrogens with zero attached hydrogens (tertiary/aromatic N) is 3. The van der Waals surface area contributed by atoms with Crippen molar-refractivity contribution in [2.75, 3.05) is 18.7 Å². The van der Waals surface area contributed by atoms with Gasteiger partial charge in [-0.05, 0) is 30.4 Å². The molecular formula is C16H17FN4O2S. The van der Waals surface area contributed by atoms with Crippen LogP contribution in [0.5, 0.6) is 0 Å². The molecular weight excluding hydrogens is 331 g/mol. The number of rotatable bonds is 4. The van der Waals surface area contributed by atoms with E-state index in [2.05, 4.69) is 15.4 Å². The summed E-state index contributed by atoms with van der Waals surface area (Å²) < 4.78 is 19.9. The summed E-state index contributed by atoms with van der Waals surface area (Å²) >= 11 is 1.41. The average molecular weight is 348 g/mol. The Labute approximate surface area is 143 Å². The first-order valence-electron chi connectivity index (χ1n) is 7.43. The van der Waals surface area contributed by atoms with Gasteiger partial charge in [0.1, 0.15) is 11.9 Å². The van der Waals surface area contributed by atoms with Crippen molar-refractivity contribution >= 4 is 23.7 Å². The van der Waals surface area contributed by atoms with Crippen molar-refractivity contribution in [3.8, 4) is 0 Å². The van der Waals surface area contributed by atoms with Gasteiger partial charge in [0.25, 0.3) is 0 Å². The van der Waals surface area contributed by atoms with Gasteiger partial charge in [0, 0.05) is 5.70 Å². The van der Waals surface area contributed by atoms with E-state index in [1.165, 1.54) is 31.0 Å². The van der Waals surface area contributed by atoms with E-state index in [-0.39, 0.29) is 5.82 Å². The van der Waals surface area contributed by atoms with E-state index in [0.29, 0.717) is 23.1 Å². The molecule has 8 heteroatoms. The monoisotopic (exact) mass is 348 g/mol. The van der Waals surface area contributed by atoms with Crippen LogP contribution < -0.4 is 5.32 Å². The summed E-state index contributed by atoms with van der Waals surface area (Å²) in [5.74, 6) is -0.227. The smallest absolute Gasteiger partial charge is 0.338 e. The molecule has 1 aliphatic heterocycles. The van der Waals surface area contributed by atoms with Crippen LogP contribution >= 0.6 is 11.8 Å². The number of halogens is 1. The summed E-state index contributed by atoms with van der Waals surface area (Å²) in [6, 6.07) is 5.50. The van der Waals surface area contributed by atoms with E-state index >= 15 is 0 Å². The number of benzene rings is 1. The van der Waals surface area contributed by atoms with Gasteiger partial charge in [-0.2, -0.15) is 4.98 Å². The Hall–Kier alpha value is -2.35. The second-order valence-corrected chi connectivity index (χ2v) is 5.96. The highest BCUT2D eigenvalue weighted by atomic mass is 32.2. The number of hydrogen-bond acceptors (Lipinski definition) is 6. The van der Waals surface area contributed by atoms with Gasteiger partial charge in [-0.15, -0.1) is 5.10 Å². The molecule has 0 aliphatic carbocycles. The summed E-state index contributed by atoms with van der Waals surface area (Å²) in [6.07, 6.45) is 2.48. The topological polar surface area (TPSA) is 69.0 Å². The molecule has 6 nitrogen and oxygen atoms in total. The Morgan fingerprint density at radius 1 is 1.42 bits per heavy atom. The number of anilines is 1. The van der Waals surface area contributed by atoms with Crippen LogP contribution in [0.15, 0.2) is 40.7 Å². The van der Waals surface area contributed by atoms with Crippen LogP contribution in [-0.4, -0.2) is 34.1 Å². The molecule has 1 N–H and O–H groups in total. The number of methoxy groups -OCH3 is 1. The predicted molar refractivity (Wildman–Crippen MR) is 89.3 cm³/mol. The first-order chi connectivity index (χ1) is 11.6. The lowest BCUT2D eigenvalue weighted by Gasteiger charge is -2.28. The van der Waals surface area contributed by atoms with E-state index < -0.39 is 12.0 Å². The fourth-order valence-electron chi connectivity index (χ4n) is 2.72. The average Bonchev–Trinajstić information content (AvgIpc) is 3.03. The Balaban J connectivity index is 2.21. The minimum Gasteiger partial charge on any atom is -0.466 e. The summed E-state index contributed by atoms with van der Waals surface area (Å²) in [4.78, 5) is 16.8. The quantitative estimate of drug-likeness (QED) is 0.677. The molecule has 2 aromatic rings. The summed E-state index contributed by atoms with van der Waals surface area (Å²) in [7, 11) is 1.34.